The number of hydrogen-bond donors (Lipinski definition) is 0. The number of fused-ring (bicyclic) bond motifs is 12. The summed E-state index contributed by atoms with van der Waals surface area (Å²) in [6, 6.07) is 200. The number of rotatable bonds is 12. The fraction of sp³-hybridized carbons (Fsp3) is 0. The zero-order valence-electron chi connectivity index (χ0n) is 76.0. The van der Waals surface area contributed by atoms with Crippen LogP contribution in [0.25, 0.3) is 263 Å². The first-order valence-electron chi connectivity index (χ1n) is 47.8. The Kier molecular flexibility index (Phi) is 21.1. The van der Waals surface area contributed by atoms with Crippen LogP contribution < -0.4 is 0 Å². The average Bonchev–Trinajstić information content (AvgIpc) is 0.733. The third-order valence-corrected chi connectivity index (χ3v) is 28.3. The first kappa shape index (κ1) is 82.0. The normalized spacial score (nSPS) is 11.5. The highest BCUT2D eigenvalue weighted by atomic mass is 14.3. The lowest BCUT2D eigenvalue weighted by Gasteiger charge is -2.19. The minimum atomic E-state index is 1.22. The van der Waals surface area contributed by atoms with Crippen LogP contribution in [-0.4, -0.2) is 0 Å². The van der Waals surface area contributed by atoms with Crippen molar-refractivity contribution < 1.29 is 0 Å². The first-order chi connectivity index (χ1) is 68.5. The van der Waals surface area contributed by atoms with Gasteiger partial charge in [-0.15, -0.1) is 0 Å². The van der Waals surface area contributed by atoms with Gasteiger partial charge >= 0.3 is 0 Å². The average molecular weight is 1750 g/mol. The molecule has 0 aliphatic rings. The Bertz CT molecular complexity index is 9230. The van der Waals surface area contributed by atoms with E-state index in [2.05, 4.69) is 546 Å². The Morgan fingerprint density at radius 3 is 0.580 bits per heavy atom. The molecule has 0 fully saturated rings. The largest absolute Gasteiger partial charge is 0.0622 e. The molecule has 0 heterocycles. The van der Waals surface area contributed by atoms with E-state index >= 15 is 0 Å². The predicted octanol–water partition coefficient (Wildman–Crippen LogP) is 38.9. The van der Waals surface area contributed by atoms with Gasteiger partial charge in [0.05, 0.1) is 0 Å². The third kappa shape index (κ3) is 15.0. The van der Waals surface area contributed by atoms with E-state index < -0.39 is 0 Å². The summed E-state index contributed by atoms with van der Waals surface area (Å²) in [5.74, 6) is 0. The van der Waals surface area contributed by atoms with Gasteiger partial charge in [0.1, 0.15) is 0 Å². The summed E-state index contributed by atoms with van der Waals surface area (Å²) in [7, 11) is 0. The van der Waals surface area contributed by atoms with E-state index in [1.54, 1.807) is 0 Å². The molecule has 0 nitrogen and oxygen atoms in total. The minimum absolute atomic E-state index is 1.22. The molecule has 0 aliphatic carbocycles. The molecule has 0 radical (unpaired) electrons. The van der Waals surface area contributed by atoms with Crippen LogP contribution in [0.1, 0.15) is 0 Å². The lowest BCUT2D eigenvalue weighted by Crippen LogP contribution is -1.91. The Balaban J connectivity index is 0.000000110. The summed E-state index contributed by atoms with van der Waals surface area (Å²) in [4.78, 5) is 0. The molecule has 0 spiro atoms. The molecule has 642 valence electrons. The SMILES string of the molecule is c1ccc(-c2c3ccccc3c(-c3cccc4ccc(-c5ccc(-c6ccc7ccccc7c6)cc5)cc34)c3ccccc23)cc1.c1ccc(-c2c3ccccc3c(-c3cccc4ccc(-c5ccc(-c6cccc7ccccc67)cc5)cc34)c3ccccc23)cc1.c1ccc(-c2c3ccccc3c(-c3cccc4ccc(-c5cccc(-c6ccc7ccccc7c6)c5)cc34)c3ccccc23)cc1. The summed E-state index contributed by atoms with van der Waals surface area (Å²) >= 11 is 0. The quantitative estimate of drug-likeness (QED) is 0.107. The molecule has 0 saturated heterocycles. The van der Waals surface area contributed by atoms with Crippen molar-refractivity contribution in [1.82, 2.24) is 0 Å². The molecule has 27 rings (SSSR count). The standard InChI is InChI=1S/3C46H30/c1-2-13-35(14-3-1)45-39-18-6-8-20-41(39)46(42-21-9-7-19-40(42)45)43-23-11-16-33-28-29-36(30-44(33)43)31-24-26-34(27-25-31)38-22-10-15-32-12-4-5-17-37(32)38;1-2-13-33(14-3-1)45-39-19-6-8-21-41(39)46(42-22-9-7-20-40(42)45)43-23-11-16-32-25-27-38(30-44(32)43)36-18-10-17-35(29-36)37-26-24-31-12-4-5-15-34(31)28-37;1-2-12-35(13-3-1)45-39-16-6-8-18-41(39)46(42-19-9-7-17-40(42)45)43-20-10-15-34-26-28-38(30-44(34)43)33-23-21-32(22-24-33)37-27-25-31-11-4-5-14-36(31)29-37/h3*1-30H. The van der Waals surface area contributed by atoms with Crippen LogP contribution in [0.15, 0.2) is 546 Å². The Morgan fingerprint density at radius 2 is 0.261 bits per heavy atom. The molecular weight excluding hydrogens is 1660 g/mol. The second kappa shape index (κ2) is 35.5. The van der Waals surface area contributed by atoms with Crippen LogP contribution >= 0.6 is 0 Å². The smallest absolute Gasteiger partial charge is 0.00201 e. The fourth-order valence-corrected chi connectivity index (χ4v) is 21.8. The van der Waals surface area contributed by atoms with Crippen molar-refractivity contribution in [3.8, 4) is 134 Å². The van der Waals surface area contributed by atoms with Gasteiger partial charge in [-0.3, -0.25) is 0 Å². The molecule has 138 heavy (non-hydrogen) atoms. The van der Waals surface area contributed by atoms with E-state index in [1.807, 2.05) is 0 Å². The molecule has 0 unspecified atom stereocenters. The van der Waals surface area contributed by atoms with Crippen molar-refractivity contribution in [2.75, 3.05) is 0 Å². The highest BCUT2D eigenvalue weighted by Gasteiger charge is 2.24. The second-order valence-corrected chi connectivity index (χ2v) is 36.2. The summed E-state index contributed by atoms with van der Waals surface area (Å²) in [5, 5.41) is 30.5. The first-order valence-corrected chi connectivity index (χ1v) is 47.8. The summed E-state index contributed by atoms with van der Waals surface area (Å²) in [5.41, 5.74) is 30.0. The third-order valence-electron chi connectivity index (χ3n) is 28.3. The molecule has 27 aromatic carbocycles. The highest BCUT2D eigenvalue weighted by molar-refractivity contribution is 6.27. The van der Waals surface area contributed by atoms with Gasteiger partial charge in [-0.2, -0.15) is 0 Å². The molecule has 0 aromatic heterocycles. The molecule has 0 N–H and O–H groups in total. The molecule has 0 heteroatoms. The predicted molar refractivity (Wildman–Crippen MR) is 595 cm³/mol. The number of hydrogen-bond acceptors (Lipinski definition) is 0. The highest BCUT2D eigenvalue weighted by Crippen LogP contribution is 2.51. The molecule has 0 saturated carbocycles. The van der Waals surface area contributed by atoms with Gasteiger partial charge in [-0.05, 0) is 299 Å². The maximum Gasteiger partial charge on any atom is -0.00201 e. The van der Waals surface area contributed by atoms with Crippen LogP contribution in [0.4, 0.5) is 0 Å². The zero-order chi connectivity index (χ0) is 91.4. The topological polar surface area (TPSA) is 0 Å². The molecule has 0 aliphatic heterocycles. The maximum absolute atomic E-state index is 2.39. The van der Waals surface area contributed by atoms with Crippen LogP contribution in [0.2, 0.25) is 0 Å². The monoisotopic (exact) mass is 1750 g/mol. The van der Waals surface area contributed by atoms with Gasteiger partial charge < -0.3 is 0 Å². The van der Waals surface area contributed by atoms with Crippen molar-refractivity contribution in [1.29, 1.82) is 0 Å². The van der Waals surface area contributed by atoms with Gasteiger partial charge in [0.25, 0.3) is 0 Å². The lowest BCUT2D eigenvalue weighted by atomic mass is 9.84. The molecule has 0 amide bonds. The van der Waals surface area contributed by atoms with Crippen molar-refractivity contribution in [2.45, 2.75) is 0 Å². The molecule has 0 atom stereocenters. The van der Waals surface area contributed by atoms with E-state index in [1.165, 1.54) is 263 Å². The summed E-state index contributed by atoms with van der Waals surface area (Å²) in [6.07, 6.45) is 0. The Morgan fingerprint density at radius 1 is 0.0725 bits per heavy atom. The fourth-order valence-electron chi connectivity index (χ4n) is 21.8. The van der Waals surface area contributed by atoms with E-state index in [0.717, 1.165) is 0 Å². The molecule has 27 aromatic rings. The van der Waals surface area contributed by atoms with E-state index in [0.29, 0.717) is 0 Å². The maximum atomic E-state index is 2.39. The van der Waals surface area contributed by atoms with Crippen LogP contribution in [0.5, 0.6) is 0 Å². The Labute approximate surface area is 802 Å². The van der Waals surface area contributed by atoms with Crippen molar-refractivity contribution in [3.05, 3.63) is 546 Å². The lowest BCUT2D eigenvalue weighted by molar-refractivity contribution is 1.61. The van der Waals surface area contributed by atoms with Crippen molar-refractivity contribution >= 4 is 129 Å². The number of benzene rings is 27. The minimum Gasteiger partial charge on any atom is -0.0622 e. The van der Waals surface area contributed by atoms with E-state index in [9.17, 15) is 0 Å². The van der Waals surface area contributed by atoms with Crippen LogP contribution in [-0.2, 0) is 0 Å². The van der Waals surface area contributed by atoms with Crippen molar-refractivity contribution in [2.24, 2.45) is 0 Å². The van der Waals surface area contributed by atoms with E-state index in [-0.39, 0.29) is 0 Å². The second-order valence-electron chi connectivity index (χ2n) is 36.2. The van der Waals surface area contributed by atoms with E-state index in [4.69, 9.17) is 0 Å². The summed E-state index contributed by atoms with van der Waals surface area (Å²) in [6.45, 7) is 0. The van der Waals surface area contributed by atoms with Gasteiger partial charge in [0.15, 0.2) is 0 Å². The van der Waals surface area contributed by atoms with Gasteiger partial charge in [0, 0.05) is 0 Å². The van der Waals surface area contributed by atoms with Gasteiger partial charge in [0.2, 0.25) is 0 Å². The molecular formula is C138H90. The van der Waals surface area contributed by atoms with Crippen molar-refractivity contribution in [3.63, 3.8) is 0 Å². The zero-order valence-corrected chi connectivity index (χ0v) is 76.0. The van der Waals surface area contributed by atoms with Crippen LogP contribution in [0.3, 0.4) is 0 Å². The van der Waals surface area contributed by atoms with Gasteiger partial charge in [-0.25, -0.2) is 0 Å². The molecule has 0 bridgehead atoms. The van der Waals surface area contributed by atoms with Crippen LogP contribution in [0, 0.1) is 0 Å². The summed E-state index contributed by atoms with van der Waals surface area (Å²) < 4.78 is 0. The Hall–Kier alpha value is -17.9. The van der Waals surface area contributed by atoms with Gasteiger partial charge in [-0.1, -0.05) is 510 Å².